The van der Waals surface area contributed by atoms with Crippen LogP contribution in [0.15, 0.2) is 42.5 Å². The predicted molar refractivity (Wildman–Crippen MR) is 102 cm³/mol. The molecule has 0 aliphatic carbocycles. The number of fused-ring (bicyclic) bond motifs is 1. The number of carbonyl (C=O) groups excluding carboxylic acids is 2. The number of rotatable bonds is 4. The van der Waals surface area contributed by atoms with Crippen molar-refractivity contribution in [3.05, 3.63) is 58.6 Å². The van der Waals surface area contributed by atoms with Gasteiger partial charge in [0.2, 0.25) is 11.8 Å². The lowest BCUT2D eigenvalue weighted by Crippen LogP contribution is -2.40. The van der Waals surface area contributed by atoms with Gasteiger partial charge in [0, 0.05) is 18.5 Å². The Morgan fingerprint density at radius 1 is 1.27 bits per heavy atom. The summed E-state index contributed by atoms with van der Waals surface area (Å²) in [4.78, 5) is 26.5. The summed E-state index contributed by atoms with van der Waals surface area (Å²) in [5.41, 5.74) is 2.73. The van der Waals surface area contributed by atoms with Crippen molar-refractivity contribution in [3.8, 4) is 5.75 Å². The highest BCUT2D eigenvalue weighted by atomic mass is 35.5. The van der Waals surface area contributed by atoms with E-state index in [0.29, 0.717) is 23.0 Å². The van der Waals surface area contributed by atoms with E-state index in [1.54, 1.807) is 30.0 Å². The number of methoxy groups -OCH3 is 1. The van der Waals surface area contributed by atoms with E-state index in [2.05, 4.69) is 11.4 Å². The van der Waals surface area contributed by atoms with Crippen molar-refractivity contribution in [2.45, 2.75) is 25.8 Å². The zero-order valence-corrected chi connectivity index (χ0v) is 15.5. The lowest BCUT2D eigenvalue weighted by Gasteiger charge is -2.36. The average molecular weight is 373 g/mol. The molecule has 1 atom stereocenters. The van der Waals surface area contributed by atoms with E-state index in [4.69, 9.17) is 16.3 Å². The van der Waals surface area contributed by atoms with Crippen LogP contribution < -0.4 is 10.1 Å². The van der Waals surface area contributed by atoms with Crippen molar-refractivity contribution < 1.29 is 14.3 Å². The van der Waals surface area contributed by atoms with Crippen LogP contribution in [0.5, 0.6) is 5.75 Å². The number of ether oxygens (including phenoxy) is 1. The molecular weight excluding hydrogens is 352 g/mol. The van der Waals surface area contributed by atoms with Crippen molar-refractivity contribution in [1.82, 2.24) is 4.90 Å². The third-order valence-electron chi connectivity index (χ3n) is 4.63. The van der Waals surface area contributed by atoms with E-state index in [9.17, 15) is 9.59 Å². The van der Waals surface area contributed by atoms with E-state index in [1.807, 2.05) is 18.2 Å². The quantitative estimate of drug-likeness (QED) is 0.887. The van der Waals surface area contributed by atoms with E-state index < -0.39 is 0 Å². The van der Waals surface area contributed by atoms with Gasteiger partial charge in [-0.25, -0.2) is 0 Å². The van der Waals surface area contributed by atoms with Crippen LogP contribution in [0.3, 0.4) is 0 Å². The number of carbonyl (C=O) groups is 2. The predicted octanol–water partition coefficient (Wildman–Crippen LogP) is 3.82. The van der Waals surface area contributed by atoms with Crippen molar-refractivity contribution in [2.24, 2.45) is 0 Å². The van der Waals surface area contributed by atoms with Gasteiger partial charge in [-0.3, -0.25) is 9.59 Å². The van der Waals surface area contributed by atoms with Gasteiger partial charge in [-0.1, -0.05) is 35.9 Å². The second-order valence-electron chi connectivity index (χ2n) is 6.27. The molecule has 2 aromatic carbocycles. The van der Waals surface area contributed by atoms with Gasteiger partial charge in [0.15, 0.2) is 0 Å². The Labute approximate surface area is 157 Å². The van der Waals surface area contributed by atoms with Crippen LogP contribution in [-0.2, 0) is 16.0 Å². The second-order valence-corrected chi connectivity index (χ2v) is 6.71. The van der Waals surface area contributed by atoms with Crippen molar-refractivity contribution in [1.29, 1.82) is 0 Å². The lowest BCUT2D eigenvalue weighted by molar-refractivity contribution is -0.132. The van der Waals surface area contributed by atoms with Gasteiger partial charge < -0.3 is 15.0 Å². The molecule has 1 heterocycles. The molecular formula is C20H21ClN2O3. The van der Waals surface area contributed by atoms with Gasteiger partial charge in [0.1, 0.15) is 5.75 Å². The molecule has 1 unspecified atom stereocenters. The molecule has 5 nitrogen and oxygen atoms in total. The number of benzene rings is 2. The fourth-order valence-corrected chi connectivity index (χ4v) is 3.58. The molecule has 0 fully saturated rings. The van der Waals surface area contributed by atoms with E-state index in [0.717, 1.165) is 12.0 Å². The standard InChI is InChI=1S/C20H21ClN2O3/c1-13(24)23-10-9-14-5-3-4-6-16(14)18(23)12-20(25)22-17-11-15(21)7-8-19(17)26-2/h3-8,11,18H,9-10,12H2,1-2H3,(H,22,25). The monoisotopic (exact) mass is 372 g/mol. The highest BCUT2D eigenvalue weighted by Crippen LogP contribution is 2.33. The average Bonchev–Trinajstić information content (AvgIpc) is 2.62. The van der Waals surface area contributed by atoms with Gasteiger partial charge in [-0.15, -0.1) is 0 Å². The molecule has 2 aromatic rings. The minimum Gasteiger partial charge on any atom is -0.495 e. The summed E-state index contributed by atoms with van der Waals surface area (Å²) in [5.74, 6) is 0.311. The summed E-state index contributed by atoms with van der Waals surface area (Å²) >= 11 is 6.02. The minimum atomic E-state index is -0.275. The van der Waals surface area contributed by atoms with Gasteiger partial charge in [-0.05, 0) is 35.7 Å². The molecule has 0 saturated carbocycles. The van der Waals surface area contributed by atoms with Gasteiger partial charge in [0.25, 0.3) is 0 Å². The summed E-state index contributed by atoms with van der Waals surface area (Å²) in [6.45, 7) is 2.16. The third-order valence-corrected chi connectivity index (χ3v) is 4.87. The first kappa shape index (κ1) is 18.3. The molecule has 3 rings (SSSR count). The summed E-state index contributed by atoms with van der Waals surface area (Å²) in [7, 11) is 1.54. The third kappa shape index (κ3) is 3.83. The molecule has 0 bridgehead atoms. The molecule has 1 N–H and O–H groups in total. The maximum atomic E-state index is 12.7. The maximum absolute atomic E-state index is 12.7. The molecule has 0 saturated heterocycles. The van der Waals surface area contributed by atoms with Crippen molar-refractivity contribution in [3.63, 3.8) is 0 Å². The Bertz CT molecular complexity index is 838. The van der Waals surface area contributed by atoms with Crippen molar-refractivity contribution >= 4 is 29.1 Å². The zero-order chi connectivity index (χ0) is 18.7. The fourth-order valence-electron chi connectivity index (χ4n) is 3.40. The maximum Gasteiger partial charge on any atom is 0.226 e. The van der Waals surface area contributed by atoms with Crippen molar-refractivity contribution in [2.75, 3.05) is 19.0 Å². The van der Waals surface area contributed by atoms with Gasteiger partial charge >= 0.3 is 0 Å². The summed E-state index contributed by atoms with van der Waals surface area (Å²) < 4.78 is 5.27. The Morgan fingerprint density at radius 3 is 2.77 bits per heavy atom. The number of anilines is 1. The number of nitrogens with one attached hydrogen (secondary N) is 1. The highest BCUT2D eigenvalue weighted by molar-refractivity contribution is 6.31. The molecule has 0 radical (unpaired) electrons. The number of hydrogen-bond donors (Lipinski definition) is 1. The topological polar surface area (TPSA) is 58.6 Å². The van der Waals surface area contributed by atoms with Crippen LogP contribution in [0.25, 0.3) is 0 Å². The molecule has 6 heteroatoms. The fraction of sp³-hybridized carbons (Fsp3) is 0.300. The molecule has 1 aliphatic rings. The first-order valence-electron chi connectivity index (χ1n) is 8.48. The second kappa shape index (κ2) is 7.79. The number of nitrogens with zero attached hydrogens (tertiary/aromatic N) is 1. The van der Waals surface area contributed by atoms with Crippen LogP contribution in [0, 0.1) is 0 Å². The van der Waals surface area contributed by atoms with Crippen LogP contribution in [-0.4, -0.2) is 30.4 Å². The van der Waals surface area contributed by atoms with Crippen LogP contribution >= 0.6 is 11.6 Å². The number of hydrogen-bond acceptors (Lipinski definition) is 3. The zero-order valence-electron chi connectivity index (χ0n) is 14.8. The molecule has 2 amide bonds. The smallest absolute Gasteiger partial charge is 0.226 e. The van der Waals surface area contributed by atoms with Gasteiger partial charge in [0.05, 0.1) is 25.3 Å². The first-order valence-corrected chi connectivity index (χ1v) is 8.86. The summed E-state index contributed by atoms with van der Waals surface area (Å²) in [6, 6.07) is 12.7. The van der Waals surface area contributed by atoms with Crippen LogP contribution in [0.2, 0.25) is 5.02 Å². The molecule has 0 spiro atoms. The Morgan fingerprint density at radius 2 is 2.04 bits per heavy atom. The van der Waals surface area contributed by atoms with Crippen LogP contribution in [0.1, 0.15) is 30.5 Å². The number of amides is 2. The molecule has 136 valence electrons. The molecule has 0 aromatic heterocycles. The van der Waals surface area contributed by atoms with Crippen LogP contribution in [0.4, 0.5) is 5.69 Å². The normalized spacial score (nSPS) is 16.0. The largest absolute Gasteiger partial charge is 0.495 e. The van der Waals surface area contributed by atoms with Gasteiger partial charge in [-0.2, -0.15) is 0 Å². The van der Waals surface area contributed by atoms with E-state index >= 15 is 0 Å². The molecule has 26 heavy (non-hydrogen) atoms. The van der Waals surface area contributed by atoms with E-state index in [-0.39, 0.29) is 24.3 Å². The number of halogens is 1. The SMILES string of the molecule is COc1ccc(Cl)cc1NC(=O)CC1c2ccccc2CCN1C(C)=O. The Kier molecular flexibility index (Phi) is 5.47. The Hall–Kier alpha value is -2.53. The first-order chi connectivity index (χ1) is 12.5. The highest BCUT2D eigenvalue weighted by Gasteiger charge is 2.30. The lowest BCUT2D eigenvalue weighted by atomic mass is 9.90. The summed E-state index contributed by atoms with van der Waals surface area (Å²) in [6.07, 6.45) is 0.974. The molecule has 1 aliphatic heterocycles. The van der Waals surface area contributed by atoms with E-state index in [1.165, 1.54) is 12.7 Å². The minimum absolute atomic E-state index is 0.0300. The summed E-state index contributed by atoms with van der Waals surface area (Å²) in [5, 5.41) is 3.36. The Balaban J connectivity index is 1.83.